The zero-order chi connectivity index (χ0) is 27.6. The summed E-state index contributed by atoms with van der Waals surface area (Å²) in [6, 6.07) is 14.6. The molecular weight excluding hydrogens is 510 g/mol. The summed E-state index contributed by atoms with van der Waals surface area (Å²) in [5, 5.41) is 13.2. The first-order valence-corrected chi connectivity index (χ1v) is 13.0. The van der Waals surface area contributed by atoms with Crippen molar-refractivity contribution in [2.24, 2.45) is 0 Å². The number of amides is 3. The molecule has 0 aliphatic carbocycles. The fourth-order valence-electron chi connectivity index (χ4n) is 4.02. The minimum absolute atomic E-state index is 0.0116. The van der Waals surface area contributed by atoms with Crippen LogP contribution < -0.4 is 15.1 Å². The molecule has 2 aromatic carbocycles. The topological polar surface area (TPSA) is 125 Å². The Morgan fingerprint density at radius 2 is 1.76 bits per heavy atom. The third kappa shape index (κ3) is 5.68. The number of hydrogen-bond acceptors (Lipinski definition) is 8. The van der Waals surface area contributed by atoms with Gasteiger partial charge in [-0.15, -0.1) is 11.8 Å². The van der Waals surface area contributed by atoms with E-state index < -0.39 is 40.7 Å². The predicted molar refractivity (Wildman–Crippen MR) is 140 cm³/mol. The largest absolute Gasteiger partial charge is 0.484 e. The van der Waals surface area contributed by atoms with Crippen LogP contribution in [0.15, 0.2) is 65.9 Å². The van der Waals surface area contributed by atoms with Gasteiger partial charge in [-0.05, 0) is 51.5 Å². The maximum atomic E-state index is 13.4. The second kappa shape index (κ2) is 10.9. The lowest BCUT2D eigenvalue weighted by atomic mass is 10.0. The number of para-hydroxylation sites is 2. The second-order valence-electron chi connectivity index (χ2n) is 9.79. The Balaban J connectivity index is 1.56. The van der Waals surface area contributed by atoms with Crippen molar-refractivity contribution in [3.63, 3.8) is 0 Å². The van der Waals surface area contributed by atoms with E-state index in [0.29, 0.717) is 16.4 Å². The first kappa shape index (κ1) is 27.2. The zero-order valence-corrected chi connectivity index (χ0v) is 22.3. The number of anilines is 1. The molecule has 11 heteroatoms. The summed E-state index contributed by atoms with van der Waals surface area (Å²) in [5.74, 6) is -2.26. The average molecular weight is 540 g/mol. The normalized spacial score (nSPS) is 18.8. The Hall–Kier alpha value is -3.83. The number of aryl methyl sites for hydroxylation is 1. The highest BCUT2D eigenvalue weighted by Gasteiger charge is 2.55. The molecule has 0 saturated carbocycles. The number of carbonyl (C=O) groups is 4. The van der Waals surface area contributed by atoms with Crippen molar-refractivity contribution in [2.45, 2.75) is 44.7 Å². The highest BCUT2D eigenvalue weighted by molar-refractivity contribution is 8.00. The van der Waals surface area contributed by atoms with Crippen molar-refractivity contribution < 1.29 is 33.9 Å². The number of thioether (sulfide) groups is 1. The summed E-state index contributed by atoms with van der Waals surface area (Å²) in [4.78, 5) is 53.4. The summed E-state index contributed by atoms with van der Waals surface area (Å²) in [5.41, 5.74) is -0.318. The van der Waals surface area contributed by atoms with Crippen molar-refractivity contribution in [3.8, 4) is 5.75 Å². The Labute approximate surface area is 224 Å². The number of hydrogen-bond donors (Lipinski definition) is 2. The molecule has 10 nitrogen and oxygen atoms in total. The molecule has 2 N–H and O–H groups in total. The van der Waals surface area contributed by atoms with Gasteiger partial charge in [0.15, 0.2) is 6.61 Å². The van der Waals surface area contributed by atoms with Gasteiger partial charge in [0, 0.05) is 5.75 Å². The Morgan fingerprint density at radius 3 is 2.42 bits per heavy atom. The van der Waals surface area contributed by atoms with Crippen LogP contribution in [-0.2, 0) is 23.9 Å². The first-order chi connectivity index (χ1) is 18.0. The van der Waals surface area contributed by atoms with Crippen molar-refractivity contribution in [1.82, 2.24) is 10.2 Å². The SMILES string of the molecule is Cc1ccccc1N(O)C(=O)C1=C(C(=O)OC(C)(C)C)N2C(=O)C(NC(=O)COc3ccccc3)[C@H]2SC1. The number of rotatable bonds is 7. The lowest BCUT2D eigenvalue weighted by Crippen LogP contribution is -2.71. The van der Waals surface area contributed by atoms with Crippen molar-refractivity contribution in [2.75, 3.05) is 17.4 Å². The predicted octanol–water partition coefficient (Wildman–Crippen LogP) is 2.79. The van der Waals surface area contributed by atoms with E-state index in [-0.39, 0.29) is 29.3 Å². The maximum absolute atomic E-state index is 13.4. The Kier molecular flexibility index (Phi) is 7.79. The molecule has 3 amide bonds. The third-order valence-electron chi connectivity index (χ3n) is 5.78. The zero-order valence-electron chi connectivity index (χ0n) is 21.5. The molecule has 0 radical (unpaired) electrons. The summed E-state index contributed by atoms with van der Waals surface area (Å²) >= 11 is 1.20. The van der Waals surface area contributed by atoms with Crippen LogP contribution >= 0.6 is 11.8 Å². The molecule has 2 aliphatic rings. The second-order valence-corrected chi connectivity index (χ2v) is 10.9. The van der Waals surface area contributed by atoms with Gasteiger partial charge in [0.1, 0.15) is 28.5 Å². The molecule has 1 fully saturated rings. The monoisotopic (exact) mass is 539 g/mol. The number of hydroxylamine groups is 1. The average Bonchev–Trinajstić information content (AvgIpc) is 2.88. The Morgan fingerprint density at radius 1 is 1.11 bits per heavy atom. The number of carbonyl (C=O) groups excluding carboxylic acids is 4. The van der Waals surface area contributed by atoms with Gasteiger partial charge in [0.05, 0.1) is 11.3 Å². The minimum Gasteiger partial charge on any atom is -0.484 e. The standard InChI is InChI=1S/C27H29N3O7S/c1-16-10-8-9-13-19(16)30(35)23(32)18-15-38-25-21(28-20(31)14-36-17-11-6-5-7-12-17)24(33)29(25)22(18)26(34)37-27(2,3)4/h5-13,21,25,35H,14-15H2,1-4H3,(H,28,31)/t21?,25-/m1/s1. The van der Waals surface area contributed by atoms with Gasteiger partial charge in [-0.3, -0.25) is 24.5 Å². The number of nitrogens with one attached hydrogen (secondary N) is 1. The van der Waals surface area contributed by atoms with Gasteiger partial charge in [0.25, 0.3) is 17.7 Å². The fraction of sp³-hybridized carbons (Fsp3) is 0.333. The van der Waals surface area contributed by atoms with Crippen molar-refractivity contribution in [1.29, 1.82) is 0 Å². The molecule has 0 spiro atoms. The minimum atomic E-state index is -0.914. The molecule has 0 aromatic heterocycles. The fourth-order valence-corrected chi connectivity index (χ4v) is 5.35. The van der Waals surface area contributed by atoms with Gasteiger partial charge in [0.2, 0.25) is 0 Å². The van der Waals surface area contributed by atoms with Gasteiger partial charge in [-0.2, -0.15) is 5.06 Å². The third-order valence-corrected chi connectivity index (χ3v) is 7.06. The molecule has 1 saturated heterocycles. The van der Waals surface area contributed by atoms with Gasteiger partial charge in [-0.1, -0.05) is 36.4 Å². The molecule has 2 atom stereocenters. The van der Waals surface area contributed by atoms with Gasteiger partial charge in [-0.25, -0.2) is 4.79 Å². The lowest BCUT2D eigenvalue weighted by Gasteiger charge is -2.49. The van der Waals surface area contributed by atoms with E-state index >= 15 is 0 Å². The smallest absolute Gasteiger partial charge is 0.356 e. The number of ether oxygens (including phenoxy) is 2. The Bertz CT molecular complexity index is 1290. The maximum Gasteiger partial charge on any atom is 0.356 e. The van der Waals surface area contributed by atoms with E-state index in [0.717, 1.165) is 4.90 Å². The molecule has 2 heterocycles. The van der Waals surface area contributed by atoms with Crippen LogP contribution in [0.1, 0.15) is 26.3 Å². The summed E-state index contributed by atoms with van der Waals surface area (Å²) in [6.45, 7) is 6.44. The quantitative estimate of drug-likeness (QED) is 0.238. The molecule has 38 heavy (non-hydrogen) atoms. The molecular formula is C27H29N3O7S. The molecule has 1 unspecified atom stereocenters. The highest BCUT2D eigenvalue weighted by atomic mass is 32.2. The van der Waals surface area contributed by atoms with Crippen LogP contribution in [0.4, 0.5) is 5.69 Å². The summed E-state index contributed by atoms with van der Waals surface area (Å²) in [6.07, 6.45) is 0. The van der Waals surface area contributed by atoms with Crippen LogP contribution in [-0.4, -0.2) is 63.2 Å². The van der Waals surface area contributed by atoms with Crippen molar-refractivity contribution in [3.05, 3.63) is 71.4 Å². The van der Waals surface area contributed by atoms with Crippen LogP contribution in [0.5, 0.6) is 5.75 Å². The van der Waals surface area contributed by atoms with E-state index in [4.69, 9.17) is 9.47 Å². The van der Waals surface area contributed by atoms with Crippen molar-refractivity contribution >= 4 is 41.1 Å². The van der Waals surface area contributed by atoms with Crippen LogP contribution in [0.25, 0.3) is 0 Å². The number of esters is 1. The van der Waals surface area contributed by atoms with Crippen LogP contribution in [0.2, 0.25) is 0 Å². The summed E-state index contributed by atoms with van der Waals surface area (Å²) < 4.78 is 11.0. The molecule has 2 aliphatic heterocycles. The van der Waals surface area contributed by atoms with E-state index in [1.54, 1.807) is 76.2 Å². The van der Waals surface area contributed by atoms with E-state index in [1.165, 1.54) is 11.8 Å². The number of benzene rings is 2. The molecule has 2 aromatic rings. The van der Waals surface area contributed by atoms with E-state index in [9.17, 15) is 24.4 Å². The number of nitrogens with zero attached hydrogens (tertiary/aromatic N) is 2. The lowest BCUT2D eigenvalue weighted by molar-refractivity contribution is -0.159. The highest BCUT2D eigenvalue weighted by Crippen LogP contribution is 2.41. The first-order valence-electron chi connectivity index (χ1n) is 12.0. The van der Waals surface area contributed by atoms with Crippen LogP contribution in [0, 0.1) is 6.92 Å². The number of β-lactam (4-membered cyclic amide) rings is 1. The number of fused-ring (bicyclic) bond motifs is 1. The molecule has 0 bridgehead atoms. The van der Waals surface area contributed by atoms with Gasteiger partial charge >= 0.3 is 5.97 Å². The van der Waals surface area contributed by atoms with E-state index in [1.807, 2.05) is 6.07 Å². The molecule has 4 rings (SSSR count). The van der Waals surface area contributed by atoms with Crippen LogP contribution in [0.3, 0.4) is 0 Å². The van der Waals surface area contributed by atoms with Gasteiger partial charge < -0.3 is 14.8 Å². The molecule has 200 valence electrons. The van der Waals surface area contributed by atoms with E-state index in [2.05, 4.69) is 5.32 Å². The summed E-state index contributed by atoms with van der Waals surface area (Å²) in [7, 11) is 0.